The molecule has 4 nitrogen and oxygen atoms in total. The van der Waals surface area contributed by atoms with Gasteiger partial charge in [-0.2, -0.15) is 5.10 Å². The Morgan fingerprint density at radius 1 is 1.86 bits per heavy atom. The fraction of sp³-hybridized carbons (Fsp3) is 0.500. The van der Waals surface area contributed by atoms with Crippen LogP contribution >= 0.6 is 15.9 Å². The molecule has 1 rings (SSSR count). The van der Waals surface area contributed by atoms with E-state index in [0.717, 1.165) is 0 Å². The maximum absolute atomic E-state index is 11.9. The highest BCUT2D eigenvalue weighted by Crippen LogP contribution is 2.07. The van der Waals surface area contributed by atoms with Gasteiger partial charge in [0.2, 0.25) is 5.91 Å². The number of nitrogens with zero attached hydrogens (tertiary/aromatic N) is 2. The molecule has 0 aliphatic rings. The van der Waals surface area contributed by atoms with Crippen LogP contribution in [-0.2, 0) is 11.3 Å². The first-order valence-electron chi connectivity index (χ1n) is 4.17. The zero-order valence-corrected chi connectivity index (χ0v) is 9.29. The summed E-state index contributed by atoms with van der Waals surface area (Å²) in [6.45, 7) is 1.46. The average Bonchev–Trinajstić information content (AvgIpc) is 2.53. The Morgan fingerprint density at radius 3 is 3.14 bits per heavy atom. The van der Waals surface area contributed by atoms with Crippen LogP contribution < -0.4 is 5.32 Å². The minimum atomic E-state index is -0.468. The summed E-state index contributed by atoms with van der Waals surface area (Å²) in [6, 6.07) is 0. The average molecular weight is 264 g/mol. The second kappa shape index (κ2) is 5.09. The lowest BCUT2D eigenvalue weighted by molar-refractivity contribution is -0.115. The van der Waals surface area contributed by atoms with Crippen molar-refractivity contribution < 1.29 is 9.18 Å². The molecule has 1 amide bonds. The van der Waals surface area contributed by atoms with Gasteiger partial charge in [-0.1, -0.05) is 15.9 Å². The molecule has 0 radical (unpaired) electrons. The van der Waals surface area contributed by atoms with E-state index in [2.05, 4.69) is 26.3 Å². The molecule has 0 bridgehead atoms. The molecule has 1 N–H and O–H groups in total. The second-order valence-electron chi connectivity index (χ2n) is 2.79. The predicted octanol–water partition coefficient (Wildman–Crippen LogP) is 1.57. The van der Waals surface area contributed by atoms with Gasteiger partial charge in [-0.25, -0.2) is 4.39 Å². The Morgan fingerprint density at radius 2 is 2.57 bits per heavy atom. The molecule has 1 aromatic heterocycles. The molecule has 0 spiro atoms. The van der Waals surface area contributed by atoms with Crippen molar-refractivity contribution in [3.8, 4) is 0 Å². The number of aromatic nitrogens is 2. The third-order valence-electron chi connectivity index (χ3n) is 1.58. The number of anilines is 1. The maximum atomic E-state index is 11.9. The maximum Gasteiger partial charge on any atom is 0.237 e. The van der Waals surface area contributed by atoms with Gasteiger partial charge in [-0.15, -0.1) is 0 Å². The summed E-state index contributed by atoms with van der Waals surface area (Å²) < 4.78 is 13.4. The van der Waals surface area contributed by atoms with Crippen LogP contribution in [-0.4, -0.2) is 27.2 Å². The van der Waals surface area contributed by atoms with E-state index >= 15 is 0 Å². The van der Waals surface area contributed by atoms with Crippen LogP contribution in [0.3, 0.4) is 0 Å². The van der Waals surface area contributed by atoms with E-state index in [0.29, 0.717) is 5.69 Å². The lowest BCUT2D eigenvalue weighted by Crippen LogP contribution is -2.19. The van der Waals surface area contributed by atoms with Crippen LogP contribution in [0, 0.1) is 0 Å². The first kappa shape index (κ1) is 11.2. The fourth-order valence-electron chi connectivity index (χ4n) is 0.879. The number of hydrogen-bond acceptors (Lipinski definition) is 2. The SMILES string of the molecule is C[C@H](Br)C(=O)Nc1cnn(CCF)c1. The van der Waals surface area contributed by atoms with E-state index in [1.165, 1.54) is 10.9 Å². The zero-order valence-electron chi connectivity index (χ0n) is 7.70. The Kier molecular flexibility index (Phi) is 4.06. The van der Waals surface area contributed by atoms with Crippen LogP contribution in [0.15, 0.2) is 12.4 Å². The summed E-state index contributed by atoms with van der Waals surface area (Å²) in [5.41, 5.74) is 0.578. The highest BCUT2D eigenvalue weighted by atomic mass is 79.9. The number of rotatable bonds is 4. The van der Waals surface area contributed by atoms with E-state index in [4.69, 9.17) is 0 Å². The number of nitrogens with one attached hydrogen (secondary N) is 1. The van der Waals surface area contributed by atoms with Gasteiger partial charge in [0.25, 0.3) is 0 Å². The van der Waals surface area contributed by atoms with Crippen molar-refractivity contribution in [2.75, 3.05) is 12.0 Å². The normalized spacial score (nSPS) is 12.5. The van der Waals surface area contributed by atoms with Crippen molar-refractivity contribution in [1.29, 1.82) is 0 Å². The molecule has 0 aromatic carbocycles. The van der Waals surface area contributed by atoms with E-state index in [1.807, 2.05) is 0 Å². The number of halogens is 2. The van der Waals surface area contributed by atoms with Crippen LogP contribution in [0.5, 0.6) is 0 Å². The van der Waals surface area contributed by atoms with E-state index in [1.54, 1.807) is 13.1 Å². The van der Waals surface area contributed by atoms with Gasteiger partial charge < -0.3 is 5.32 Å². The Balaban J connectivity index is 2.55. The standard InChI is InChI=1S/C8H11BrFN3O/c1-6(9)8(14)12-7-4-11-13(5-7)3-2-10/h4-6H,2-3H2,1H3,(H,12,14)/t6-/m0/s1. The highest BCUT2D eigenvalue weighted by molar-refractivity contribution is 9.10. The van der Waals surface area contributed by atoms with E-state index < -0.39 is 6.67 Å². The zero-order chi connectivity index (χ0) is 10.6. The van der Waals surface area contributed by atoms with Crippen molar-refractivity contribution in [1.82, 2.24) is 9.78 Å². The van der Waals surface area contributed by atoms with Crippen molar-refractivity contribution in [3.05, 3.63) is 12.4 Å². The summed E-state index contributed by atoms with van der Waals surface area (Å²) in [5, 5.41) is 6.49. The van der Waals surface area contributed by atoms with Crippen molar-refractivity contribution in [2.24, 2.45) is 0 Å². The number of amides is 1. The van der Waals surface area contributed by atoms with Crippen LogP contribution in [0.25, 0.3) is 0 Å². The topological polar surface area (TPSA) is 46.9 Å². The molecule has 78 valence electrons. The number of hydrogen-bond donors (Lipinski definition) is 1. The molecule has 0 fully saturated rings. The summed E-state index contributed by atoms with van der Waals surface area (Å²) in [6.07, 6.45) is 3.08. The van der Waals surface area contributed by atoms with Crippen LogP contribution in [0.2, 0.25) is 0 Å². The Hall–Kier alpha value is -0.910. The molecule has 6 heteroatoms. The quantitative estimate of drug-likeness (QED) is 0.839. The number of aryl methyl sites for hydroxylation is 1. The Bertz CT molecular complexity index is 313. The van der Waals surface area contributed by atoms with Crippen LogP contribution in [0.4, 0.5) is 10.1 Å². The van der Waals surface area contributed by atoms with Gasteiger partial charge in [0.15, 0.2) is 0 Å². The number of alkyl halides is 2. The Labute approximate surface area is 89.6 Å². The first-order valence-corrected chi connectivity index (χ1v) is 5.08. The lowest BCUT2D eigenvalue weighted by Gasteiger charge is -2.02. The van der Waals surface area contributed by atoms with Gasteiger partial charge in [-0.05, 0) is 6.92 Å². The molecule has 0 unspecified atom stereocenters. The monoisotopic (exact) mass is 263 g/mol. The van der Waals surface area contributed by atoms with Gasteiger partial charge in [0.1, 0.15) is 6.67 Å². The summed E-state index contributed by atoms with van der Waals surface area (Å²) in [7, 11) is 0. The van der Waals surface area contributed by atoms with E-state index in [-0.39, 0.29) is 17.3 Å². The molecule has 0 aliphatic carbocycles. The van der Waals surface area contributed by atoms with Gasteiger partial charge >= 0.3 is 0 Å². The van der Waals surface area contributed by atoms with Gasteiger partial charge in [0, 0.05) is 6.20 Å². The summed E-state index contributed by atoms with van der Waals surface area (Å²) in [4.78, 5) is 11.0. The number of carbonyl (C=O) groups is 1. The van der Waals surface area contributed by atoms with Crippen molar-refractivity contribution >= 4 is 27.5 Å². The predicted molar refractivity (Wildman–Crippen MR) is 55.2 cm³/mol. The third-order valence-corrected chi connectivity index (χ3v) is 1.99. The second-order valence-corrected chi connectivity index (χ2v) is 4.16. The van der Waals surface area contributed by atoms with Crippen LogP contribution in [0.1, 0.15) is 6.92 Å². The molecule has 0 saturated heterocycles. The third kappa shape index (κ3) is 3.10. The summed E-state index contributed by atoms with van der Waals surface area (Å²) in [5.74, 6) is -0.148. The summed E-state index contributed by atoms with van der Waals surface area (Å²) >= 11 is 3.14. The fourth-order valence-corrected chi connectivity index (χ4v) is 0.993. The molecule has 1 atom stereocenters. The lowest BCUT2D eigenvalue weighted by atomic mass is 10.4. The highest BCUT2D eigenvalue weighted by Gasteiger charge is 2.09. The van der Waals surface area contributed by atoms with Crippen molar-refractivity contribution in [3.63, 3.8) is 0 Å². The molecule has 1 aromatic rings. The molecule has 14 heavy (non-hydrogen) atoms. The molecular formula is C8H11BrFN3O. The smallest absolute Gasteiger partial charge is 0.237 e. The molecule has 0 aliphatic heterocycles. The molecule has 1 heterocycles. The minimum Gasteiger partial charge on any atom is -0.322 e. The van der Waals surface area contributed by atoms with Gasteiger partial charge in [0.05, 0.1) is 23.3 Å². The van der Waals surface area contributed by atoms with Gasteiger partial charge in [-0.3, -0.25) is 9.48 Å². The molecular weight excluding hydrogens is 253 g/mol. The van der Waals surface area contributed by atoms with E-state index in [9.17, 15) is 9.18 Å². The van der Waals surface area contributed by atoms with Crippen molar-refractivity contribution in [2.45, 2.75) is 18.3 Å². The minimum absolute atomic E-state index is 0.148. The first-order chi connectivity index (χ1) is 6.63. The number of carbonyl (C=O) groups excluding carboxylic acids is 1. The molecule has 0 saturated carbocycles. The largest absolute Gasteiger partial charge is 0.322 e.